The molecule has 1 atom stereocenters. The third-order valence-electron chi connectivity index (χ3n) is 3.34. The molecule has 1 N–H and O–H groups in total. The van der Waals surface area contributed by atoms with E-state index in [-0.39, 0.29) is 6.04 Å². The molecule has 21 heavy (non-hydrogen) atoms. The third-order valence-corrected chi connectivity index (χ3v) is 4.09. The zero-order chi connectivity index (χ0) is 15.6. The number of methoxy groups -OCH3 is 2. The second kappa shape index (κ2) is 6.49. The van der Waals surface area contributed by atoms with Gasteiger partial charge in [-0.05, 0) is 41.9 Å². The Bertz CT molecular complexity index is 625. The molecular formula is C15H19BrN2O3. The van der Waals surface area contributed by atoms with Gasteiger partial charge in [-0.25, -0.2) is 4.98 Å². The smallest absolute Gasteiger partial charge is 0.143 e. The highest BCUT2D eigenvalue weighted by atomic mass is 79.9. The molecule has 0 saturated carbocycles. The van der Waals surface area contributed by atoms with Crippen LogP contribution >= 0.6 is 15.9 Å². The monoisotopic (exact) mass is 354 g/mol. The summed E-state index contributed by atoms with van der Waals surface area (Å²) in [4.78, 5) is 4.13. The van der Waals surface area contributed by atoms with Gasteiger partial charge in [-0.15, -0.1) is 0 Å². The quantitative estimate of drug-likeness (QED) is 0.894. The molecule has 0 saturated heterocycles. The number of hydrogen-bond donors (Lipinski definition) is 1. The highest BCUT2D eigenvalue weighted by molar-refractivity contribution is 9.10. The first-order valence-electron chi connectivity index (χ1n) is 6.61. The van der Waals surface area contributed by atoms with Crippen molar-refractivity contribution in [2.24, 2.45) is 0 Å². The van der Waals surface area contributed by atoms with E-state index in [4.69, 9.17) is 9.47 Å². The number of hydrogen-bond acceptors (Lipinski definition) is 4. The molecule has 1 unspecified atom stereocenters. The van der Waals surface area contributed by atoms with E-state index in [1.807, 2.05) is 18.4 Å². The fraction of sp³-hybridized carbons (Fsp3) is 0.400. The second-order valence-corrected chi connectivity index (χ2v) is 5.72. The van der Waals surface area contributed by atoms with E-state index in [1.54, 1.807) is 38.9 Å². The van der Waals surface area contributed by atoms with Crippen LogP contribution in [0.1, 0.15) is 37.3 Å². The maximum Gasteiger partial charge on any atom is 0.143 e. The maximum absolute atomic E-state index is 10.7. The molecule has 0 aliphatic heterocycles. The van der Waals surface area contributed by atoms with Crippen LogP contribution in [-0.4, -0.2) is 28.9 Å². The van der Waals surface area contributed by atoms with Gasteiger partial charge >= 0.3 is 0 Å². The maximum atomic E-state index is 10.7. The number of aliphatic hydroxyl groups is 1. The van der Waals surface area contributed by atoms with Crippen molar-refractivity contribution in [3.05, 3.63) is 40.4 Å². The third kappa shape index (κ3) is 2.91. The van der Waals surface area contributed by atoms with Crippen molar-refractivity contribution in [3.8, 4) is 11.5 Å². The molecule has 0 spiro atoms. The van der Waals surface area contributed by atoms with Crippen molar-refractivity contribution in [2.45, 2.75) is 26.0 Å². The van der Waals surface area contributed by atoms with E-state index in [9.17, 15) is 5.11 Å². The number of nitrogens with zero attached hydrogens (tertiary/aromatic N) is 2. The molecule has 0 aliphatic carbocycles. The van der Waals surface area contributed by atoms with E-state index in [0.29, 0.717) is 21.5 Å². The Morgan fingerprint density at radius 2 is 1.95 bits per heavy atom. The topological polar surface area (TPSA) is 56.5 Å². The number of halogens is 1. The summed E-state index contributed by atoms with van der Waals surface area (Å²) in [5.41, 5.74) is 1.38. The van der Waals surface area contributed by atoms with Crippen LogP contribution in [0.5, 0.6) is 11.5 Å². The largest absolute Gasteiger partial charge is 0.495 e. The van der Waals surface area contributed by atoms with Gasteiger partial charge in [0.1, 0.15) is 22.1 Å². The first-order chi connectivity index (χ1) is 10.0. The predicted molar refractivity (Wildman–Crippen MR) is 83.9 cm³/mol. The van der Waals surface area contributed by atoms with Crippen molar-refractivity contribution in [3.63, 3.8) is 0 Å². The highest BCUT2D eigenvalue weighted by Crippen LogP contribution is 2.41. The van der Waals surface area contributed by atoms with Gasteiger partial charge in [0.05, 0.1) is 32.4 Å². The molecular weight excluding hydrogens is 336 g/mol. The standard InChI is InChI=1S/C15H19BrN2O3/c1-9(2)18-8-17-7-11(18)14(19)10-5-6-12(20-3)13(16)15(10)21-4/h5-9,14,19H,1-4H3. The lowest BCUT2D eigenvalue weighted by atomic mass is 10.0. The molecule has 2 rings (SSSR count). The summed E-state index contributed by atoms with van der Waals surface area (Å²) in [6.07, 6.45) is 2.56. The summed E-state index contributed by atoms with van der Waals surface area (Å²) in [6.45, 7) is 4.08. The Kier molecular flexibility index (Phi) is 4.90. The molecule has 6 heteroatoms. The van der Waals surface area contributed by atoms with Gasteiger partial charge in [0.25, 0.3) is 0 Å². The molecule has 1 aromatic carbocycles. The number of aromatic nitrogens is 2. The van der Waals surface area contributed by atoms with Crippen LogP contribution in [0.3, 0.4) is 0 Å². The SMILES string of the molecule is COc1ccc(C(O)c2cncn2C(C)C)c(OC)c1Br. The molecule has 1 aromatic heterocycles. The van der Waals surface area contributed by atoms with E-state index in [0.717, 1.165) is 5.69 Å². The number of rotatable bonds is 5. The van der Waals surface area contributed by atoms with E-state index >= 15 is 0 Å². The van der Waals surface area contributed by atoms with Gasteiger partial charge in [0.2, 0.25) is 0 Å². The van der Waals surface area contributed by atoms with Crippen LogP contribution in [-0.2, 0) is 0 Å². The fourth-order valence-corrected chi connectivity index (χ4v) is 2.94. The molecule has 0 bridgehead atoms. The summed E-state index contributed by atoms with van der Waals surface area (Å²) in [6, 6.07) is 3.80. The average molecular weight is 355 g/mol. The Hall–Kier alpha value is -1.53. The van der Waals surface area contributed by atoms with E-state index in [2.05, 4.69) is 20.9 Å². The average Bonchev–Trinajstić information content (AvgIpc) is 2.95. The molecule has 5 nitrogen and oxygen atoms in total. The van der Waals surface area contributed by atoms with Crippen molar-refractivity contribution in [1.82, 2.24) is 9.55 Å². The van der Waals surface area contributed by atoms with Gasteiger partial charge < -0.3 is 19.1 Å². The number of ether oxygens (including phenoxy) is 2. The van der Waals surface area contributed by atoms with Crippen LogP contribution in [0, 0.1) is 0 Å². The fourth-order valence-electron chi connectivity index (χ4n) is 2.25. The summed E-state index contributed by atoms with van der Waals surface area (Å²) in [5, 5.41) is 10.7. The second-order valence-electron chi connectivity index (χ2n) is 4.93. The van der Waals surface area contributed by atoms with Crippen LogP contribution in [0.2, 0.25) is 0 Å². The lowest BCUT2D eigenvalue weighted by molar-refractivity contribution is 0.202. The highest BCUT2D eigenvalue weighted by Gasteiger charge is 2.23. The molecule has 2 aromatic rings. The van der Waals surface area contributed by atoms with Crippen molar-refractivity contribution >= 4 is 15.9 Å². The number of aliphatic hydroxyl groups excluding tert-OH is 1. The Morgan fingerprint density at radius 3 is 2.52 bits per heavy atom. The summed E-state index contributed by atoms with van der Waals surface area (Å²) < 4.78 is 13.3. The van der Waals surface area contributed by atoms with Crippen LogP contribution < -0.4 is 9.47 Å². The van der Waals surface area contributed by atoms with Gasteiger partial charge in [-0.3, -0.25) is 0 Å². The first-order valence-corrected chi connectivity index (χ1v) is 7.40. The Labute approximate surface area is 132 Å². The Morgan fingerprint density at radius 1 is 1.24 bits per heavy atom. The minimum Gasteiger partial charge on any atom is -0.495 e. The minimum absolute atomic E-state index is 0.213. The summed E-state index contributed by atoms with van der Waals surface area (Å²) in [5.74, 6) is 1.21. The molecule has 114 valence electrons. The molecule has 0 radical (unpaired) electrons. The molecule has 0 aliphatic rings. The molecule has 1 heterocycles. The molecule has 0 amide bonds. The Balaban J connectivity index is 2.50. The summed E-state index contributed by atoms with van der Waals surface area (Å²) in [7, 11) is 3.15. The zero-order valence-corrected chi connectivity index (χ0v) is 14.1. The normalized spacial score (nSPS) is 12.5. The lowest BCUT2D eigenvalue weighted by Crippen LogP contribution is -2.11. The van der Waals surface area contributed by atoms with Crippen molar-refractivity contribution in [2.75, 3.05) is 14.2 Å². The van der Waals surface area contributed by atoms with Crippen LogP contribution in [0.4, 0.5) is 0 Å². The van der Waals surface area contributed by atoms with E-state index in [1.165, 1.54) is 0 Å². The lowest BCUT2D eigenvalue weighted by Gasteiger charge is -2.20. The zero-order valence-electron chi connectivity index (χ0n) is 12.5. The molecule has 0 fully saturated rings. The van der Waals surface area contributed by atoms with Crippen molar-refractivity contribution in [1.29, 1.82) is 0 Å². The minimum atomic E-state index is -0.827. The number of imidazole rings is 1. The predicted octanol–water partition coefficient (Wildman–Crippen LogP) is 3.33. The van der Waals surface area contributed by atoms with Crippen LogP contribution in [0.25, 0.3) is 0 Å². The van der Waals surface area contributed by atoms with Crippen molar-refractivity contribution < 1.29 is 14.6 Å². The van der Waals surface area contributed by atoms with Gasteiger partial charge in [-0.2, -0.15) is 0 Å². The van der Waals surface area contributed by atoms with Crippen LogP contribution in [0.15, 0.2) is 29.1 Å². The summed E-state index contributed by atoms with van der Waals surface area (Å²) >= 11 is 3.45. The number of benzene rings is 1. The first kappa shape index (κ1) is 15.9. The van der Waals surface area contributed by atoms with Gasteiger partial charge in [0.15, 0.2) is 0 Å². The van der Waals surface area contributed by atoms with Gasteiger partial charge in [-0.1, -0.05) is 0 Å². The van der Waals surface area contributed by atoms with Gasteiger partial charge in [0, 0.05) is 11.6 Å². The van der Waals surface area contributed by atoms with E-state index < -0.39 is 6.10 Å².